The van der Waals surface area contributed by atoms with Gasteiger partial charge in [0, 0.05) is 45.9 Å². The van der Waals surface area contributed by atoms with Crippen LogP contribution in [0.1, 0.15) is 18.4 Å². The molecule has 0 aromatic heterocycles. The van der Waals surface area contributed by atoms with Crippen LogP contribution in [0.4, 0.5) is 13.2 Å². The Labute approximate surface area is 226 Å². The largest absolute Gasteiger partial charge is 0.416 e. The molecule has 2 aliphatic heterocycles. The van der Waals surface area contributed by atoms with Gasteiger partial charge in [-0.1, -0.05) is 15.9 Å². The van der Waals surface area contributed by atoms with Gasteiger partial charge in [-0.3, -0.25) is 0 Å². The summed E-state index contributed by atoms with van der Waals surface area (Å²) in [5.74, 6) is 0. The van der Waals surface area contributed by atoms with Crippen LogP contribution in [0.3, 0.4) is 0 Å². The number of nitrogens with zero attached hydrogens (tertiary/aromatic N) is 2. The summed E-state index contributed by atoms with van der Waals surface area (Å²) in [7, 11) is -8.10. The third-order valence-electron chi connectivity index (χ3n) is 5.96. The Morgan fingerprint density at radius 1 is 0.829 bits per heavy atom. The third kappa shape index (κ3) is 5.11. The summed E-state index contributed by atoms with van der Waals surface area (Å²) in [5, 5.41) is 0. The SMILES string of the molecule is O=S(=O)(c1ccc(Br)cc1Br)N1CCC2(CC1)OCCN2S(=O)(=O)c1ccc(C(F)(F)F)cc1Br. The topological polar surface area (TPSA) is 84.0 Å². The molecule has 2 aromatic rings. The lowest BCUT2D eigenvalue weighted by Crippen LogP contribution is -2.55. The molecule has 2 saturated heterocycles. The minimum absolute atomic E-state index is 0.000799. The van der Waals surface area contributed by atoms with Gasteiger partial charge in [0.25, 0.3) is 0 Å². The lowest BCUT2D eigenvalue weighted by Gasteiger charge is -2.42. The molecular weight excluding hydrogens is 709 g/mol. The van der Waals surface area contributed by atoms with Crippen LogP contribution >= 0.6 is 47.8 Å². The molecule has 2 aromatic carbocycles. The first-order valence-corrected chi connectivity index (χ1v) is 15.4. The lowest BCUT2D eigenvalue weighted by molar-refractivity contribution is -0.137. The number of rotatable bonds is 4. The first kappa shape index (κ1) is 27.5. The van der Waals surface area contributed by atoms with E-state index in [4.69, 9.17) is 4.74 Å². The second-order valence-corrected chi connectivity index (χ2v) is 14.4. The predicted molar refractivity (Wildman–Crippen MR) is 132 cm³/mol. The Bertz CT molecular complexity index is 1360. The van der Waals surface area contributed by atoms with Gasteiger partial charge >= 0.3 is 6.18 Å². The molecule has 2 heterocycles. The molecule has 35 heavy (non-hydrogen) atoms. The normalized spacial score (nSPS) is 19.9. The van der Waals surface area contributed by atoms with Crippen molar-refractivity contribution in [1.29, 1.82) is 0 Å². The van der Waals surface area contributed by atoms with E-state index in [1.54, 1.807) is 12.1 Å². The molecule has 2 fully saturated rings. The fourth-order valence-corrected chi connectivity index (χ4v) is 10.1. The summed E-state index contributed by atoms with van der Waals surface area (Å²) in [6.07, 6.45) is -4.49. The zero-order valence-corrected chi connectivity index (χ0v) is 24.1. The van der Waals surface area contributed by atoms with Crippen LogP contribution < -0.4 is 0 Å². The van der Waals surface area contributed by atoms with E-state index in [1.807, 2.05) is 0 Å². The van der Waals surface area contributed by atoms with Gasteiger partial charge in [0.1, 0.15) is 5.72 Å². The maximum atomic E-state index is 13.5. The molecule has 1 spiro atoms. The minimum atomic E-state index is -4.62. The number of halogens is 6. The monoisotopic (exact) mass is 724 g/mol. The van der Waals surface area contributed by atoms with Crippen LogP contribution in [0.2, 0.25) is 0 Å². The average molecular weight is 727 g/mol. The highest BCUT2D eigenvalue weighted by Crippen LogP contribution is 2.42. The molecule has 192 valence electrons. The summed E-state index contributed by atoms with van der Waals surface area (Å²) >= 11 is 9.52. The van der Waals surface area contributed by atoms with Gasteiger partial charge in [-0.2, -0.15) is 21.8 Å². The molecule has 0 radical (unpaired) electrons. The molecule has 0 saturated carbocycles. The van der Waals surface area contributed by atoms with E-state index in [0.717, 1.165) is 16.4 Å². The van der Waals surface area contributed by atoms with Crippen LogP contribution in [-0.2, 0) is 31.0 Å². The zero-order chi connectivity index (χ0) is 25.8. The van der Waals surface area contributed by atoms with Gasteiger partial charge in [0.2, 0.25) is 20.0 Å². The average Bonchev–Trinajstić information content (AvgIpc) is 3.16. The van der Waals surface area contributed by atoms with E-state index in [2.05, 4.69) is 47.8 Å². The fraction of sp³-hybridized carbons (Fsp3) is 0.400. The second kappa shape index (κ2) is 9.64. The van der Waals surface area contributed by atoms with Gasteiger partial charge in [-0.05, 0) is 68.3 Å². The van der Waals surface area contributed by atoms with Crippen molar-refractivity contribution in [3.63, 3.8) is 0 Å². The Kier molecular flexibility index (Phi) is 7.57. The van der Waals surface area contributed by atoms with E-state index >= 15 is 0 Å². The molecule has 0 N–H and O–H groups in total. The predicted octanol–water partition coefficient (Wildman–Crippen LogP) is 5.19. The van der Waals surface area contributed by atoms with Crippen LogP contribution in [-0.4, -0.2) is 57.4 Å². The second-order valence-electron chi connectivity index (χ2n) is 7.99. The van der Waals surface area contributed by atoms with E-state index in [0.29, 0.717) is 15.0 Å². The Balaban J connectivity index is 1.59. The number of benzene rings is 2. The zero-order valence-electron chi connectivity index (χ0n) is 17.7. The number of ether oxygens (including phenoxy) is 1. The van der Waals surface area contributed by atoms with Crippen molar-refractivity contribution >= 4 is 67.8 Å². The Morgan fingerprint density at radius 3 is 1.97 bits per heavy atom. The van der Waals surface area contributed by atoms with Crippen molar-refractivity contribution in [2.45, 2.75) is 34.5 Å². The van der Waals surface area contributed by atoms with E-state index in [-0.39, 0.29) is 53.3 Å². The van der Waals surface area contributed by atoms with Crippen molar-refractivity contribution in [2.24, 2.45) is 0 Å². The molecule has 0 bridgehead atoms. The first-order chi connectivity index (χ1) is 16.2. The van der Waals surface area contributed by atoms with Crippen LogP contribution in [0.25, 0.3) is 0 Å². The Hall–Kier alpha value is -0.550. The van der Waals surface area contributed by atoms with E-state index < -0.39 is 37.5 Å². The van der Waals surface area contributed by atoms with Gasteiger partial charge in [-0.25, -0.2) is 16.8 Å². The molecule has 0 atom stereocenters. The molecular formula is C20H18Br3F3N2O5S2. The van der Waals surface area contributed by atoms with Gasteiger partial charge in [0.05, 0.1) is 22.0 Å². The number of piperidine rings is 1. The van der Waals surface area contributed by atoms with Crippen LogP contribution in [0.5, 0.6) is 0 Å². The van der Waals surface area contributed by atoms with Gasteiger partial charge in [0.15, 0.2) is 0 Å². The van der Waals surface area contributed by atoms with E-state index in [9.17, 15) is 30.0 Å². The summed E-state index contributed by atoms with van der Waals surface area (Å²) in [6, 6.07) is 7.06. The van der Waals surface area contributed by atoms with Crippen molar-refractivity contribution in [1.82, 2.24) is 8.61 Å². The maximum absolute atomic E-state index is 13.5. The summed E-state index contributed by atoms with van der Waals surface area (Å²) in [6.45, 7) is 0.0966. The highest BCUT2D eigenvalue weighted by Gasteiger charge is 2.52. The molecule has 7 nitrogen and oxygen atoms in total. The van der Waals surface area contributed by atoms with Crippen molar-refractivity contribution in [2.75, 3.05) is 26.2 Å². The minimum Gasteiger partial charge on any atom is -0.358 e. The number of hydrogen-bond acceptors (Lipinski definition) is 5. The van der Waals surface area contributed by atoms with Gasteiger partial charge < -0.3 is 4.74 Å². The van der Waals surface area contributed by atoms with Crippen LogP contribution in [0.15, 0.2) is 59.6 Å². The Morgan fingerprint density at radius 2 is 1.40 bits per heavy atom. The quantitative estimate of drug-likeness (QED) is 0.433. The van der Waals surface area contributed by atoms with Gasteiger partial charge in [-0.15, -0.1) is 0 Å². The van der Waals surface area contributed by atoms with Crippen molar-refractivity contribution in [3.8, 4) is 0 Å². The molecule has 15 heteroatoms. The van der Waals surface area contributed by atoms with E-state index in [1.165, 1.54) is 10.4 Å². The number of sulfonamides is 2. The fourth-order valence-electron chi connectivity index (χ4n) is 4.23. The highest BCUT2D eigenvalue weighted by molar-refractivity contribution is 9.11. The standard InChI is InChI=1S/C20H18Br3F3N2O5S2/c21-14-2-4-17(16(23)12-14)34(29,30)27-7-5-19(6-8-27)28(9-10-33-19)35(31,32)18-3-1-13(11-15(18)22)20(24,25)26/h1-4,11-12H,5-10H2. The van der Waals surface area contributed by atoms with Crippen molar-refractivity contribution in [3.05, 3.63) is 55.4 Å². The smallest absolute Gasteiger partial charge is 0.358 e. The maximum Gasteiger partial charge on any atom is 0.416 e. The first-order valence-electron chi connectivity index (χ1n) is 10.2. The molecule has 0 amide bonds. The molecule has 4 rings (SSSR count). The molecule has 0 unspecified atom stereocenters. The highest BCUT2D eigenvalue weighted by atomic mass is 79.9. The summed E-state index contributed by atoms with van der Waals surface area (Å²) in [4.78, 5) is -0.230. The van der Waals surface area contributed by atoms with Crippen LogP contribution in [0, 0.1) is 0 Å². The molecule has 2 aliphatic rings. The summed E-state index contributed by atoms with van der Waals surface area (Å²) < 4.78 is 101. The van der Waals surface area contributed by atoms with Crippen molar-refractivity contribution < 1.29 is 34.7 Å². The molecule has 0 aliphatic carbocycles. The number of alkyl halides is 3. The lowest BCUT2D eigenvalue weighted by atomic mass is 10.0. The summed E-state index contributed by atoms with van der Waals surface area (Å²) in [5.41, 5.74) is -2.27. The number of hydrogen-bond donors (Lipinski definition) is 0. The third-order valence-corrected chi connectivity index (χ3v) is 12.3.